The first-order valence-corrected chi connectivity index (χ1v) is 5.47. The third kappa shape index (κ3) is 1.86. The molecule has 2 rings (SSSR count). The molecule has 0 aliphatic carbocycles. The number of H-pyrrole nitrogens is 1. The van der Waals surface area contributed by atoms with Crippen LogP contribution in [0, 0.1) is 6.92 Å². The first kappa shape index (κ1) is 10.9. The molecule has 2 N–H and O–H groups in total. The summed E-state index contributed by atoms with van der Waals surface area (Å²) in [6.07, 6.45) is 1.77. The monoisotopic (exact) mass is 216 g/mol. The molecule has 0 bridgehead atoms. The first-order valence-electron chi connectivity index (χ1n) is 5.47. The Labute approximate surface area is 94.9 Å². The van der Waals surface area contributed by atoms with Crippen molar-refractivity contribution in [2.45, 2.75) is 13.3 Å². The number of aromatic amines is 1. The van der Waals surface area contributed by atoms with Crippen molar-refractivity contribution in [2.75, 3.05) is 13.6 Å². The average Bonchev–Trinajstić information content (AvgIpc) is 2.63. The molecule has 1 aromatic carbocycles. The molecule has 0 aliphatic rings. The number of aryl methyl sites for hydroxylation is 1. The van der Waals surface area contributed by atoms with Gasteiger partial charge in [0.1, 0.15) is 0 Å². The molecule has 0 unspecified atom stereocenters. The Hall–Kier alpha value is -1.61. The van der Waals surface area contributed by atoms with E-state index in [1.54, 1.807) is 0 Å². The van der Waals surface area contributed by atoms with Gasteiger partial charge < -0.3 is 10.3 Å². The maximum atomic E-state index is 11.0. The Morgan fingerprint density at radius 2 is 2.25 bits per heavy atom. The molecule has 2 aromatic rings. The molecule has 0 aliphatic heterocycles. The van der Waals surface area contributed by atoms with E-state index >= 15 is 0 Å². The lowest BCUT2D eigenvalue weighted by Crippen LogP contribution is -2.11. The number of hydrogen-bond donors (Lipinski definition) is 2. The van der Waals surface area contributed by atoms with E-state index in [0.717, 1.165) is 35.7 Å². The van der Waals surface area contributed by atoms with E-state index in [-0.39, 0.29) is 0 Å². The van der Waals surface area contributed by atoms with Gasteiger partial charge in [0.15, 0.2) is 6.29 Å². The minimum absolute atomic E-state index is 0.704. The number of aromatic nitrogens is 1. The Morgan fingerprint density at radius 1 is 1.44 bits per heavy atom. The molecule has 0 spiro atoms. The summed E-state index contributed by atoms with van der Waals surface area (Å²) in [4.78, 5) is 14.1. The number of benzene rings is 1. The molecule has 3 heteroatoms. The summed E-state index contributed by atoms with van der Waals surface area (Å²) in [7, 11) is 1.92. The van der Waals surface area contributed by atoms with E-state index in [9.17, 15) is 4.79 Å². The summed E-state index contributed by atoms with van der Waals surface area (Å²) in [5.74, 6) is 0. The lowest BCUT2D eigenvalue weighted by atomic mass is 10.1. The summed E-state index contributed by atoms with van der Waals surface area (Å²) in [6.45, 7) is 2.94. The minimum Gasteiger partial charge on any atom is -0.352 e. The predicted molar refractivity (Wildman–Crippen MR) is 66.1 cm³/mol. The second kappa shape index (κ2) is 4.49. The number of carbonyl (C=O) groups is 1. The second-order valence-corrected chi connectivity index (χ2v) is 4.04. The van der Waals surface area contributed by atoms with Gasteiger partial charge in [0, 0.05) is 10.9 Å². The Balaban J connectivity index is 2.56. The van der Waals surface area contributed by atoms with Crippen molar-refractivity contribution >= 4 is 17.2 Å². The molecule has 0 fully saturated rings. The molecule has 0 radical (unpaired) electrons. The lowest BCUT2D eigenvalue weighted by molar-refractivity contribution is 0.111. The normalized spacial score (nSPS) is 10.9. The van der Waals surface area contributed by atoms with E-state index in [1.165, 1.54) is 5.56 Å². The maximum Gasteiger partial charge on any atom is 0.166 e. The fourth-order valence-corrected chi connectivity index (χ4v) is 2.00. The zero-order chi connectivity index (χ0) is 11.5. The lowest BCUT2D eigenvalue weighted by Gasteiger charge is -2.00. The number of aldehydes is 1. The molecule has 0 saturated carbocycles. The highest BCUT2D eigenvalue weighted by Crippen LogP contribution is 2.23. The van der Waals surface area contributed by atoms with Gasteiger partial charge in [-0.15, -0.1) is 0 Å². The number of fused-ring (bicyclic) bond motifs is 1. The van der Waals surface area contributed by atoms with Gasteiger partial charge in [-0.1, -0.05) is 11.6 Å². The molecule has 1 aromatic heterocycles. The molecular formula is C13H16N2O. The van der Waals surface area contributed by atoms with Crippen LogP contribution in [0.2, 0.25) is 0 Å². The fraction of sp³-hybridized carbons (Fsp3) is 0.308. The standard InChI is InChI=1S/C13H16N2O/c1-9-3-4-12-11(7-9)10(5-6-14-2)13(8-16)15-12/h3-4,7-8,14-15H,5-6H2,1-2H3. The predicted octanol–water partition coefficient (Wildman–Crippen LogP) is 2.05. The van der Waals surface area contributed by atoms with Gasteiger partial charge in [0.2, 0.25) is 0 Å². The average molecular weight is 216 g/mol. The summed E-state index contributed by atoms with van der Waals surface area (Å²) < 4.78 is 0. The van der Waals surface area contributed by atoms with Gasteiger partial charge in [-0.3, -0.25) is 4.79 Å². The highest BCUT2D eigenvalue weighted by molar-refractivity contribution is 5.92. The smallest absolute Gasteiger partial charge is 0.166 e. The van der Waals surface area contributed by atoms with Crippen LogP contribution in [-0.2, 0) is 6.42 Å². The number of hydrogen-bond acceptors (Lipinski definition) is 2. The molecule has 0 saturated heterocycles. The second-order valence-electron chi connectivity index (χ2n) is 4.04. The van der Waals surface area contributed by atoms with Crippen molar-refractivity contribution < 1.29 is 4.79 Å². The molecule has 84 valence electrons. The molecule has 1 heterocycles. The van der Waals surface area contributed by atoms with Crippen molar-refractivity contribution in [1.29, 1.82) is 0 Å². The fourth-order valence-electron chi connectivity index (χ4n) is 2.00. The topological polar surface area (TPSA) is 44.9 Å². The number of likely N-dealkylation sites (N-methyl/N-ethyl adjacent to an activating group) is 1. The molecule has 16 heavy (non-hydrogen) atoms. The molecule has 3 nitrogen and oxygen atoms in total. The third-order valence-corrected chi connectivity index (χ3v) is 2.84. The van der Waals surface area contributed by atoms with Crippen LogP contribution in [0.3, 0.4) is 0 Å². The number of rotatable bonds is 4. The van der Waals surface area contributed by atoms with Crippen LogP contribution in [0.5, 0.6) is 0 Å². The van der Waals surface area contributed by atoms with Crippen LogP contribution >= 0.6 is 0 Å². The summed E-state index contributed by atoms with van der Waals surface area (Å²) in [5.41, 5.74) is 4.08. The van der Waals surface area contributed by atoms with Crippen LogP contribution in [0.4, 0.5) is 0 Å². The van der Waals surface area contributed by atoms with E-state index in [0.29, 0.717) is 5.69 Å². The Bertz CT molecular complexity index is 514. The number of carbonyl (C=O) groups excluding carboxylic acids is 1. The summed E-state index contributed by atoms with van der Waals surface area (Å²) >= 11 is 0. The molecule has 0 atom stereocenters. The highest BCUT2D eigenvalue weighted by Gasteiger charge is 2.10. The largest absolute Gasteiger partial charge is 0.352 e. The number of nitrogens with one attached hydrogen (secondary N) is 2. The van der Waals surface area contributed by atoms with Gasteiger partial charge in [0.05, 0.1) is 5.69 Å². The molecular weight excluding hydrogens is 200 g/mol. The zero-order valence-electron chi connectivity index (χ0n) is 9.63. The van der Waals surface area contributed by atoms with Crippen molar-refractivity contribution in [3.05, 3.63) is 35.0 Å². The van der Waals surface area contributed by atoms with Crippen LogP contribution < -0.4 is 5.32 Å². The van der Waals surface area contributed by atoms with Gasteiger partial charge in [-0.25, -0.2) is 0 Å². The van der Waals surface area contributed by atoms with Crippen molar-refractivity contribution in [3.63, 3.8) is 0 Å². The quantitative estimate of drug-likeness (QED) is 0.768. The van der Waals surface area contributed by atoms with E-state index in [2.05, 4.69) is 29.4 Å². The van der Waals surface area contributed by atoms with E-state index in [1.807, 2.05) is 13.1 Å². The van der Waals surface area contributed by atoms with Crippen molar-refractivity contribution in [2.24, 2.45) is 0 Å². The maximum absolute atomic E-state index is 11.0. The zero-order valence-corrected chi connectivity index (χ0v) is 9.63. The van der Waals surface area contributed by atoms with Gasteiger partial charge in [-0.2, -0.15) is 0 Å². The van der Waals surface area contributed by atoms with Crippen molar-refractivity contribution in [3.8, 4) is 0 Å². The summed E-state index contributed by atoms with van der Waals surface area (Å²) in [5, 5.41) is 4.27. The minimum atomic E-state index is 0.704. The van der Waals surface area contributed by atoms with Gasteiger partial charge >= 0.3 is 0 Å². The Kier molecular flexibility index (Phi) is 3.06. The van der Waals surface area contributed by atoms with Crippen LogP contribution in [0.1, 0.15) is 21.6 Å². The summed E-state index contributed by atoms with van der Waals surface area (Å²) in [6, 6.07) is 6.21. The SMILES string of the molecule is CNCCc1c(C=O)[nH]c2ccc(C)cc12. The van der Waals surface area contributed by atoms with E-state index in [4.69, 9.17) is 0 Å². The van der Waals surface area contributed by atoms with Gasteiger partial charge in [-0.05, 0) is 44.6 Å². The Morgan fingerprint density at radius 3 is 2.94 bits per heavy atom. The highest BCUT2D eigenvalue weighted by atomic mass is 16.1. The first-order chi connectivity index (χ1) is 7.76. The van der Waals surface area contributed by atoms with Crippen LogP contribution in [-0.4, -0.2) is 24.9 Å². The van der Waals surface area contributed by atoms with Gasteiger partial charge in [0.25, 0.3) is 0 Å². The van der Waals surface area contributed by atoms with E-state index < -0.39 is 0 Å². The van der Waals surface area contributed by atoms with Crippen molar-refractivity contribution in [1.82, 2.24) is 10.3 Å². The third-order valence-electron chi connectivity index (χ3n) is 2.84. The van der Waals surface area contributed by atoms with Crippen LogP contribution in [0.15, 0.2) is 18.2 Å². The molecule has 0 amide bonds. The van der Waals surface area contributed by atoms with Crippen LogP contribution in [0.25, 0.3) is 10.9 Å².